The summed E-state index contributed by atoms with van der Waals surface area (Å²) in [7, 11) is 0.356. The molecule has 0 unspecified atom stereocenters. The summed E-state index contributed by atoms with van der Waals surface area (Å²) in [6.07, 6.45) is -0.479. The topological polar surface area (TPSA) is 66.0 Å². The summed E-state index contributed by atoms with van der Waals surface area (Å²) >= 11 is 0. The maximum absolute atomic E-state index is 13.5. The molecule has 0 aliphatic rings. The zero-order chi connectivity index (χ0) is 23.1. The zero-order valence-electron chi connectivity index (χ0n) is 17.4. The Morgan fingerprint density at radius 2 is 1.37 bits per heavy atom. The van der Waals surface area contributed by atoms with E-state index >= 15 is 0 Å². The second-order valence-electron chi connectivity index (χ2n) is 6.89. The van der Waals surface area contributed by atoms with E-state index in [9.17, 15) is 26.7 Å². The maximum atomic E-state index is 13.5. The molecule has 0 aliphatic heterocycles. The lowest BCUT2D eigenvalue weighted by molar-refractivity contribution is -0.369. The minimum absolute atomic E-state index is 0.00874. The molecule has 0 saturated heterocycles. The van der Waals surface area contributed by atoms with Crippen LogP contribution in [0.5, 0.6) is 5.75 Å². The van der Waals surface area contributed by atoms with Crippen molar-refractivity contribution in [3.05, 3.63) is 29.1 Å². The minimum atomic E-state index is -2.34. The van der Waals surface area contributed by atoms with Gasteiger partial charge < -0.3 is 24.0 Å². The largest absolute Gasteiger partial charge is 0.412 e. The Kier molecular flexibility index (Phi) is 10.1. The summed E-state index contributed by atoms with van der Waals surface area (Å²) in [6, 6.07) is 0. The molecule has 1 aromatic carbocycles. The number of carbonyl (C=O) groups excluding carboxylic acids is 1. The van der Waals surface area contributed by atoms with Crippen molar-refractivity contribution in [1.29, 1.82) is 0 Å². The fraction of sp³-hybridized carbons (Fsp3) is 0.611. The van der Waals surface area contributed by atoms with Gasteiger partial charge in [-0.25, -0.2) is 18.0 Å². The average Bonchev–Trinajstić information content (AvgIpc) is 2.66. The Bertz CT molecular complexity index is 696. The first-order valence-electron chi connectivity index (χ1n) is 9.32. The van der Waals surface area contributed by atoms with Crippen molar-refractivity contribution in [3.8, 4) is 5.75 Å². The van der Waals surface area contributed by atoms with Crippen molar-refractivity contribution >= 4 is 16.6 Å². The van der Waals surface area contributed by atoms with Crippen LogP contribution in [-0.4, -0.2) is 41.3 Å². The van der Waals surface area contributed by atoms with Gasteiger partial charge in [-0.15, -0.1) is 0 Å². The van der Waals surface area contributed by atoms with Gasteiger partial charge in [0.1, 0.15) is 0 Å². The summed E-state index contributed by atoms with van der Waals surface area (Å²) in [5, 5.41) is 2.18. The summed E-state index contributed by atoms with van der Waals surface area (Å²) in [4.78, 5) is 11.7. The van der Waals surface area contributed by atoms with Crippen molar-refractivity contribution in [2.75, 3.05) is 6.54 Å². The van der Waals surface area contributed by atoms with E-state index in [2.05, 4.69) is 10.1 Å². The van der Waals surface area contributed by atoms with Crippen LogP contribution in [-0.2, 0) is 13.9 Å². The number of ether oxygens (including phenoxy) is 3. The second-order valence-corrected chi connectivity index (χ2v) is 7.30. The van der Waals surface area contributed by atoms with Gasteiger partial charge in [0, 0.05) is 13.0 Å². The molecule has 30 heavy (non-hydrogen) atoms. The Hall–Kier alpha value is -1.76. The smallest absolute Gasteiger partial charge is 0.404 e. The Balaban J connectivity index is 2.59. The SMILES string of the molecule is CC(C)OC(CCCCNC(=O)Oc1c(F)c(F)c(F)c(F)c1F)(O[SiH3])OC(C)C. The van der Waals surface area contributed by atoms with E-state index in [1.807, 2.05) is 27.7 Å². The highest BCUT2D eigenvalue weighted by Crippen LogP contribution is 2.29. The lowest BCUT2D eigenvalue weighted by atomic mass is 10.2. The second kappa shape index (κ2) is 11.6. The number of hydrogen-bond acceptors (Lipinski definition) is 5. The van der Waals surface area contributed by atoms with Gasteiger partial charge >= 0.3 is 6.09 Å². The molecule has 0 aromatic heterocycles. The Labute approximate surface area is 174 Å². The molecule has 1 N–H and O–H groups in total. The van der Waals surface area contributed by atoms with Gasteiger partial charge in [-0.3, -0.25) is 0 Å². The molecule has 0 radical (unpaired) electrons. The van der Waals surface area contributed by atoms with Crippen LogP contribution in [0.1, 0.15) is 47.0 Å². The molecule has 0 spiro atoms. The molecule has 1 rings (SSSR count). The molecule has 1 aromatic rings. The van der Waals surface area contributed by atoms with Crippen LogP contribution in [0.15, 0.2) is 0 Å². The van der Waals surface area contributed by atoms with E-state index in [-0.39, 0.29) is 18.8 Å². The van der Waals surface area contributed by atoms with Crippen LogP contribution in [0.2, 0.25) is 0 Å². The van der Waals surface area contributed by atoms with Gasteiger partial charge in [0.05, 0.1) is 12.2 Å². The first kappa shape index (κ1) is 26.3. The quantitative estimate of drug-likeness (QED) is 0.137. The van der Waals surface area contributed by atoms with Gasteiger partial charge in [-0.2, -0.15) is 8.78 Å². The Morgan fingerprint density at radius 3 is 1.80 bits per heavy atom. The molecule has 172 valence electrons. The average molecular weight is 459 g/mol. The third-order valence-corrected chi connectivity index (χ3v) is 4.31. The van der Waals surface area contributed by atoms with Crippen molar-refractivity contribution < 1.29 is 45.4 Å². The number of nitrogens with one attached hydrogen (secondary N) is 1. The summed E-state index contributed by atoms with van der Waals surface area (Å²) < 4.78 is 87.6. The van der Waals surface area contributed by atoms with E-state index in [1.54, 1.807) is 0 Å². The van der Waals surface area contributed by atoms with Crippen molar-refractivity contribution in [3.63, 3.8) is 0 Å². The highest BCUT2D eigenvalue weighted by atomic mass is 28.2. The molecule has 0 fully saturated rings. The number of rotatable bonds is 11. The first-order valence-corrected chi connectivity index (χ1v) is 10.1. The highest BCUT2D eigenvalue weighted by Gasteiger charge is 2.33. The monoisotopic (exact) mass is 459 g/mol. The van der Waals surface area contributed by atoms with Crippen LogP contribution in [0, 0.1) is 29.1 Å². The number of hydrogen-bond donors (Lipinski definition) is 1. The molecule has 0 saturated carbocycles. The molecule has 6 nitrogen and oxygen atoms in total. The molecule has 1 amide bonds. The first-order chi connectivity index (χ1) is 13.9. The van der Waals surface area contributed by atoms with Crippen LogP contribution in [0.4, 0.5) is 26.7 Å². The maximum Gasteiger partial charge on any atom is 0.412 e. The van der Waals surface area contributed by atoms with Gasteiger partial charge in [0.15, 0.2) is 10.5 Å². The number of amides is 1. The lowest BCUT2D eigenvalue weighted by Gasteiger charge is -2.35. The normalized spacial score (nSPS) is 12.1. The third kappa shape index (κ3) is 7.18. The summed E-state index contributed by atoms with van der Waals surface area (Å²) in [5.41, 5.74) is 0. The highest BCUT2D eigenvalue weighted by molar-refractivity contribution is 5.98. The van der Waals surface area contributed by atoms with Crippen LogP contribution < -0.4 is 10.1 Å². The predicted octanol–water partition coefficient (Wildman–Crippen LogP) is 3.44. The van der Waals surface area contributed by atoms with Crippen molar-refractivity contribution in [2.45, 2.75) is 65.1 Å². The lowest BCUT2D eigenvalue weighted by Crippen LogP contribution is -2.42. The number of carbonyl (C=O) groups is 1. The Morgan fingerprint density at radius 1 is 0.900 bits per heavy atom. The molecule has 0 heterocycles. The molecular weight excluding hydrogens is 433 g/mol. The standard InChI is InChI=1S/C18H26F5NO5Si/c1-9(2)27-18(29-30,28-10(3)4)7-5-6-8-24-17(25)26-16-14(22)12(20)11(19)13(21)15(16)23/h9-10H,5-8H2,1-4,30H3,(H,24,25). The van der Waals surface area contributed by atoms with Gasteiger partial charge in [0.25, 0.3) is 5.97 Å². The van der Waals surface area contributed by atoms with E-state index < -0.39 is 46.9 Å². The fourth-order valence-corrected chi connectivity index (χ4v) is 2.92. The fourth-order valence-electron chi connectivity index (χ4n) is 2.52. The van der Waals surface area contributed by atoms with Gasteiger partial charge in [-0.05, 0) is 40.5 Å². The molecule has 0 atom stereocenters. The molecular formula is C18H26F5NO5Si. The van der Waals surface area contributed by atoms with Crippen LogP contribution >= 0.6 is 0 Å². The van der Waals surface area contributed by atoms with Crippen LogP contribution in [0.25, 0.3) is 0 Å². The third-order valence-electron chi connectivity index (χ3n) is 3.68. The molecule has 0 bridgehead atoms. The summed E-state index contributed by atoms with van der Waals surface area (Å²) in [5.74, 6) is -14.1. The number of unbranched alkanes of at least 4 members (excludes halogenated alkanes) is 1. The van der Waals surface area contributed by atoms with Crippen LogP contribution in [0.3, 0.4) is 0 Å². The van der Waals surface area contributed by atoms with E-state index in [1.165, 1.54) is 0 Å². The number of halogens is 5. The molecule has 0 aliphatic carbocycles. The van der Waals surface area contributed by atoms with Crippen molar-refractivity contribution in [2.24, 2.45) is 0 Å². The van der Waals surface area contributed by atoms with E-state index in [0.717, 1.165) is 0 Å². The predicted molar refractivity (Wildman–Crippen MR) is 100 cm³/mol. The minimum Gasteiger partial charge on any atom is -0.404 e. The van der Waals surface area contributed by atoms with Crippen molar-refractivity contribution in [1.82, 2.24) is 5.32 Å². The van der Waals surface area contributed by atoms with Gasteiger partial charge in [-0.1, -0.05) is 0 Å². The van der Waals surface area contributed by atoms with E-state index in [4.69, 9.17) is 13.9 Å². The van der Waals surface area contributed by atoms with Gasteiger partial charge in [0.2, 0.25) is 34.8 Å². The van der Waals surface area contributed by atoms with E-state index in [0.29, 0.717) is 29.7 Å². The zero-order valence-corrected chi connectivity index (χ0v) is 19.4. The number of benzene rings is 1. The molecule has 12 heteroatoms. The summed E-state index contributed by atoms with van der Waals surface area (Å²) in [6.45, 7) is 7.33.